The summed E-state index contributed by atoms with van der Waals surface area (Å²) in [6, 6.07) is 7.15. The van der Waals surface area contributed by atoms with Crippen LogP contribution in [0.2, 0.25) is 0 Å². The van der Waals surface area contributed by atoms with Crippen LogP contribution in [-0.4, -0.2) is 22.6 Å². The number of aryl methyl sites for hydroxylation is 2. The summed E-state index contributed by atoms with van der Waals surface area (Å²) < 4.78 is 5.21. The molecule has 2 amide bonds. The van der Waals surface area contributed by atoms with Crippen molar-refractivity contribution in [1.82, 2.24) is 10.3 Å². The minimum absolute atomic E-state index is 0.171. The van der Waals surface area contributed by atoms with Crippen molar-refractivity contribution >= 4 is 28.5 Å². The zero-order chi connectivity index (χ0) is 20.1. The maximum absolute atomic E-state index is 12.5. The molecular formula is C21H27N3O3S. The van der Waals surface area contributed by atoms with Crippen LogP contribution in [-0.2, 0) is 24.1 Å². The number of carbonyl (C=O) groups excluding carboxylic acids is 2. The topological polar surface area (TPSA) is 80.3 Å². The number of nitrogens with zero attached hydrogens (tertiary/aromatic N) is 1. The maximum Gasteiger partial charge on any atom is 0.407 e. The van der Waals surface area contributed by atoms with Gasteiger partial charge in [-0.2, -0.15) is 0 Å². The fourth-order valence-corrected chi connectivity index (χ4v) is 4.06. The molecule has 2 aromatic rings. The Morgan fingerprint density at radius 3 is 2.54 bits per heavy atom. The highest BCUT2D eigenvalue weighted by Gasteiger charge is 2.17. The highest BCUT2D eigenvalue weighted by atomic mass is 32.1. The summed E-state index contributed by atoms with van der Waals surface area (Å²) >= 11 is 1.59. The second-order valence-corrected chi connectivity index (χ2v) is 9.04. The molecule has 0 atom stereocenters. The van der Waals surface area contributed by atoms with Crippen molar-refractivity contribution in [2.45, 2.75) is 65.0 Å². The van der Waals surface area contributed by atoms with Gasteiger partial charge >= 0.3 is 6.09 Å². The fraction of sp³-hybridized carbons (Fsp3) is 0.476. The average molecular weight is 402 g/mol. The highest BCUT2D eigenvalue weighted by Crippen LogP contribution is 2.29. The third kappa shape index (κ3) is 5.79. The minimum Gasteiger partial charge on any atom is -0.444 e. The number of carbonyl (C=O) groups is 2. The predicted octanol–water partition coefficient (Wildman–Crippen LogP) is 4.69. The summed E-state index contributed by atoms with van der Waals surface area (Å²) in [7, 11) is 0. The molecule has 0 aliphatic heterocycles. The van der Waals surface area contributed by atoms with Crippen LogP contribution in [0, 0.1) is 0 Å². The Bertz CT molecular complexity index is 814. The molecule has 7 heteroatoms. The largest absolute Gasteiger partial charge is 0.444 e. The molecule has 1 aromatic heterocycles. The second-order valence-electron chi connectivity index (χ2n) is 7.96. The number of ether oxygens (including phenoxy) is 1. The molecule has 150 valence electrons. The molecule has 0 saturated heterocycles. The number of hydrogen-bond acceptors (Lipinski definition) is 5. The normalized spacial score (nSPS) is 14.0. The van der Waals surface area contributed by atoms with Gasteiger partial charge in [0.2, 0.25) is 0 Å². The van der Waals surface area contributed by atoms with E-state index in [1.54, 1.807) is 23.5 Å². The first-order chi connectivity index (χ1) is 13.3. The van der Waals surface area contributed by atoms with Crippen LogP contribution in [0.5, 0.6) is 0 Å². The number of alkyl carbamates (subject to hydrolysis) is 1. The van der Waals surface area contributed by atoms with Crippen molar-refractivity contribution in [1.29, 1.82) is 0 Å². The van der Waals surface area contributed by atoms with E-state index in [9.17, 15) is 9.59 Å². The van der Waals surface area contributed by atoms with Gasteiger partial charge in [0.1, 0.15) is 5.60 Å². The van der Waals surface area contributed by atoms with Crippen molar-refractivity contribution in [2.24, 2.45) is 0 Å². The lowest BCUT2D eigenvalue weighted by Gasteiger charge is -2.19. The number of amides is 2. The Morgan fingerprint density at radius 2 is 1.82 bits per heavy atom. The zero-order valence-corrected chi connectivity index (χ0v) is 17.4. The van der Waals surface area contributed by atoms with Crippen LogP contribution in [0.4, 0.5) is 9.93 Å². The summed E-state index contributed by atoms with van der Waals surface area (Å²) in [6.45, 7) is 5.80. The van der Waals surface area contributed by atoms with Crippen molar-refractivity contribution in [3.05, 3.63) is 46.0 Å². The Balaban J connectivity index is 1.54. The highest BCUT2D eigenvalue weighted by molar-refractivity contribution is 7.15. The van der Waals surface area contributed by atoms with Gasteiger partial charge in [-0.25, -0.2) is 9.78 Å². The van der Waals surface area contributed by atoms with Gasteiger partial charge in [0.15, 0.2) is 5.13 Å². The van der Waals surface area contributed by atoms with Crippen LogP contribution in [0.15, 0.2) is 24.3 Å². The summed E-state index contributed by atoms with van der Waals surface area (Å²) in [5, 5.41) is 6.29. The lowest BCUT2D eigenvalue weighted by molar-refractivity contribution is 0.0523. The fourth-order valence-electron chi connectivity index (χ4n) is 3.01. The van der Waals surface area contributed by atoms with Gasteiger partial charge in [-0.1, -0.05) is 18.6 Å². The lowest BCUT2D eigenvalue weighted by atomic mass is 10.1. The van der Waals surface area contributed by atoms with Gasteiger partial charge in [-0.15, -0.1) is 11.3 Å². The monoisotopic (exact) mass is 401 g/mol. The quantitative estimate of drug-likeness (QED) is 0.729. The Kier molecular flexibility index (Phi) is 6.34. The third-order valence-corrected chi connectivity index (χ3v) is 5.44. The molecule has 3 rings (SSSR count). The summed E-state index contributed by atoms with van der Waals surface area (Å²) in [6.07, 6.45) is 5.21. The van der Waals surface area contributed by atoms with E-state index < -0.39 is 11.7 Å². The number of benzene rings is 1. The minimum atomic E-state index is -0.528. The van der Waals surface area contributed by atoms with E-state index in [4.69, 9.17) is 4.74 Å². The predicted molar refractivity (Wildman–Crippen MR) is 111 cm³/mol. The smallest absolute Gasteiger partial charge is 0.407 e. The Hall–Kier alpha value is -2.41. The van der Waals surface area contributed by atoms with Gasteiger partial charge < -0.3 is 10.1 Å². The number of aromatic nitrogens is 1. The van der Waals surface area contributed by atoms with Crippen LogP contribution in [0.1, 0.15) is 66.5 Å². The molecular weight excluding hydrogens is 374 g/mol. The van der Waals surface area contributed by atoms with Crippen LogP contribution in [0.3, 0.4) is 0 Å². The summed E-state index contributed by atoms with van der Waals surface area (Å²) in [5.41, 5.74) is 2.07. The van der Waals surface area contributed by atoms with Gasteiger partial charge in [0.25, 0.3) is 5.91 Å². The van der Waals surface area contributed by atoms with E-state index in [0.29, 0.717) is 17.2 Å². The molecule has 2 N–H and O–H groups in total. The molecule has 0 fully saturated rings. The number of rotatable bonds is 4. The van der Waals surface area contributed by atoms with Crippen LogP contribution < -0.4 is 10.6 Å². The van der Waals surface area contributed by atoms with E-state index in [-0.39, 0.29) is 5.91 Å². The maximum atomic E-state index is 12.5. The first-order valence-electron chi connectivity index (χ1n) is 9.66. The number of hydrogen-bond donors (Lipinski definition) is 2. The molecule has 0 unspecified atom stereocenters. The number of thiazole rings is 1. The molecule has 1 aliphatic carbocycles. The second kappa shape index (κ2) is 8.73. The molecule has 0 radical (unpaired) electrons. The molecule has 6 nitrogen and oxygen atoms in total. The molecule has 0 spiro atoms. The van der Waals surface area contributed by atoms with E-state index in [0.717, 1.165) is 24.1 Å². The standard InChI is InChI=1S/C21H27N3O3S/c1-21(2,3)27-20(26)22-13-14-9-11-15(12-10-14)18(25)24-19-23-16-7-5-4-6-8-17(16)28-19/h9-12H,4-8,13H2,1-3H3,(H,22,26)(H,23,24,25). The number of fused-ring (bicyclic) bond motifs is 1. The van der Waals surface area contributed by atoms with Crippen LogP contribution in [0.25, 0.3) is 0 Å². The first-order valence-corrected chi connectivity index (χ1v) is 10.5. The molecule has 1 aromatic carbocycles. The first kappa shape index (κ1) is 20.3. The number of anilines is 1. The SMILES string of the molecule is CC(C)(C)OC(=O)NCc1ccc(C(=O)Nc2nc3c(s2)CCCCC3)cc1. The molecule has 0 saturated carbocycles. The van der Waals surface area contributed by atoms with Crippen molar-refractivity contribution < 1.29 is 14.3 Å². The van der Waals surface area contributed by atoms with E-state index in [2.05, 4.69) is 15.6 Å². The van der Waals surface area contributed by atoms with Gasteiger partial charge in [-0.05, 0) is 64.2 Å². The molecule has 0 bridgehead atoms. The van der Waals surface area contributed by atoms with Crippen molar-refractivity contribution in [3.63, 3.8) is 0 Å². The lowest BCUT2D eigenvalue weighted by Crippen LogP contribution is -2.32. The third-order valence-electron chi connectivity index (χ3n) is 4.37. The summed E-state index contributed by atoms with van der Waals surface area (Å²) in [5.74, 6) is -0.171. The van der Waals surface area contributed by atoms with Crippen molar-refractivity contribution in [2.75, 3.05) is 5.32 Å². The van der Waals surface area contributed by atoms with E-state index >= 15 is 0 Å². The van der Waals surface area contributed by atoms with Gasteiger partial charge in [0, 0.05) is 17.0 Å². The molecule has 1 aliphatic rings. The van der Waals surface area contributed by atoms with E-state index in [1.807, 2.05) is 32.9 Å². The Morgan fingerprint density at radius 1 is 1.11 bits per heavy atom. The molecule has 1 heterocycles. The van der Waals surface area contributed by atoms with Gasteiger partial charge in [-0.3, -0.25) is 10.1 Å². The van der Waals surface area contributed by atoms with E-state index in [1.165, 1.54) is 24.1 Å². The zero-order valence-electron chi connectivity index (χ0n) is 16.6. The average Bonchev–Trinajstić information content (AvgIpc) is 2.87. The molecule has 28 heavy (non-hydrogen) atoms. The van der Waals surface area contributed by atoms with Crippen molar-refractivity contribution in [3.8, 4) is 0 Å². The summed E-state index contributed by atoms with van der Waals surface area (Å²) in [4.78, 5) is 30.1. The van der Waals surface area contributed by atoms with Gasteiger partial charge in [0.05, 0.1) is 5.69 Å². The number of nitrogens with one attached hydrogen (secondary N) is 2. The Labute approximate surface area is 169 Å². The van der Waals surface area contributed by atoms with Crippen LogP contribution >= 0.6 is 11.3 Å².